The van der Waals surface area contributed by atoms with Crippen molar-refractivity contribution < 1.29 is 22.0 Å². The van der Waals surface area contributed by atoms with Crippen LogP contribution in [0.5, 0.6) is 0 Å². The molecule has 0 aliphatic rings. The van der Waals surface area contributed by atoms with Gasteiger partial charge in [0.05, 0.1) is 18.8 Å². The lowest BCUT2D eigenvalue weighted by Crippen LogP contribution is -2.38. The van der Waals surface area contributed by atoms with Crippen LogP contribution >= 0.6 is 11.8 Å². The van der Waals surface area contributed by atoms with Gasteiger partial charge in [-0.25, -0.2) is 13.9 Å². The molecule has 0 amide bonds. The first-order valence-electron chi connectivity index (χ1n) is 8.28. The van der Waals surface area contributed by atoms with Gasteiger partial charge < -0.3 is 4.42 Å². The lowest BCUT2D eigenvalue weighted by atomic mass is 10.2. The highest BCUT2D eigenvalue weighted by molar-refractivity contribution is 7.99. The third-order valence-electron chi connectivity index (χ3n) is 4.43. The molecule has 1 atom stereocenters. The molecule has 140 valence electrons. The molecule has 1 unspecified atom stereocenters. The summed E-state index contributed by atoms with van der Waals surface area (Å²) in [6.45, 7) is 3.88. The number of hydrogen-bond donors (Lipinski definition) is 1. The number of benzene rings is 1. The van der Waals surface area contributed by atoms with Gasteiger partial charge in [-0.15, -0.1) is 0 Å². The number of hydrogen-bond acceptors (Lipinski definition) is 5. The van der Waals surface area contributed by atoms with E-state index in [-0.39, 0.29) is 6.42 Å². The second-order valence-corrected chi connectivity index (χ2v) is 9.21. The van der Waals surface area contributed by atoms with Crippen LogP contribution in [-0.2, 0) is 23.7 Å². The smallest absolute Gasteiger partial charge is 0.336 e. The number of rotatable bonds is 6. The summed E-state index contributed by atoms with van der Waals surface area (Å²) in [5.74, 6) is 0.833. The van der Waals surface area contributed by atoms with Crippen LogP contribution < -0.4 is 10.2 Å². The van der Waals surface area contributed by atoms with Gasteiger partial charge in [0, 0.05) is 23.6 Å². The van der Waals surface area contributed by atoms with E-state index in [9.17, 15) is 17.8 Å². The van der Waals surface area contributed by atoms with E-state index in [1.54, 1.807) is 17.8 Å². The third kappa shape index (κ3) is 3.38. The van der Waals surface area contributed by atoms with Gasteiger partial charge >= 0.3 is 10.8 Å². The van der Waals surface area contributed by atoms with Crippen LogP contribution in [0.3, 0.4) is 0 Å². The van der Waals surface area contributed by atoms with Gasteiger partial charge in [-0.2, -0.15) is 8.42 Å². The van der Waals surface area contributed by atoms with Crippen molar-refractivity contribution in [2.75, 3.05) is 5.75 Å². The van der Waals surface area contributed by atoms with Crippen molar-refractivity contribution in [3.05, 3.63) is 34.7 Å². The molecule has 1 aromatic carbocycles. The highest BCUT2D eigenvalue weighted by Gasteiger charge is 2.28. The Morgan fingerprint density at radius 3 is 2.65 bits per heavy atom. The fraction of sp³-hybridized carbons (Fsp3) is 0.412. The maximum atomic E-state index is 11.8. The Hall–Kier alpha value is -1.84. The summed E-state index contributed by atoms with van der Waals surface area (Å²) in [5, 5.41) is 0.850. The molecular weight excluding hydrogens is 376 g/mol. The molecule has 0 aliphatic heterocycles. The van der Waals surface area contributed by atoms with Crippen LogP contribution in [0.15, 0.2) is 38.6 Å². The second kappa shape index (κ2) is 7.05. The Morgan fingerprint density at radius 1 is 1.31 bits per heavy atom. The Morgan fingerprint density at radius 2 is 2.00 bits per heavy atom. The highest BCUT2D eigenvalue weighted by Crippen LogP contribution is 2.27. The Labute approximate surface area is 155 Å². The van der Waals surface area contributed by atoms with E-state index in [1.165, 1.54) is 13.0 Å². The van der Waals surface area contributed by atoms with Gasteiger partial charge in [-0.1, -0.05) is 6.92 Å². The Balaban J connectivity index is 2.24. The SMILES string of the molecule is CCSc1n(C)c2ccc3ccc(=O)oc3c2[n+]1CCC(C)S(=O)(=O)O. The molecule has 0 saturated carbocycles. The predicted octanol–water partition coefficient (Wildman–Crippen LogP) is 2.35. The van der Waals surface area contributed by atoms with Crippen molar-refractivity contribution in [2.24, 2.45) is 7.05 Å². The highest BCUT2D eigenvalue weighted by atomic mass is 32.2. The fourth-order valence-corrected chi connectivity index (χ4v) is 4.28. The number of aromatic nitrogens is 2. The first kappa shape index (κ1) is 18.9. The van der Waals surface area contributed by atoms with E-state index in [4.69, 9.17) is 4.42 Å². The van der Waals surface area contributed by atoms with Crippen molar-refractivity contribution in [3.8, 4) is 0 Å². The normalized spacial score (nSPS) is 13.5. The van der Waals surface area contributed by atoms with Gasteiger partial charge in [0.2, 0.25) is 5.52 Å². The molecule has 3 rings (SSSR count). The van der Waals surface area contributed by atoms with E-state index in [1.807, 2.05) is 35.2 Å². The van der Waals surface area contributed by atoms with Gasteiger partial charge in [0.1, 0.15) is 0 Å². The van der Waals surface area contributed by atoms with Crippen molar-refractivity contribution in [3.63, 3.8) is 0 Å². The molecule has 0 bridgehead atoms. The van der Waals surface area contributed by atoms with E-state index >= 15 is 0 Å². The van der Waals surface area contributed by atoms with E-state index in [2.05, 4.69) is 0 Å². The van der Waals surface area contributed by atoms with Crippen LogP contribution in [-0.4, -0.2) is 28.5 Å². The summed E-state index contributed by atoms with van der Waals surface area (Å²) in [5.41, 5.74) is 1.69. The first-order valence-corrected chi connectivity index (χ1v) is 10.8. The zero-order chi connectivity index (χ0) is 19.1. The molecule has 2 aromatic heterocycles. The van der Waals surface area contributed by atoms with Crippen LogP contribution in [0, 0.1) is 0 Å². The summed E-state index contributed by atoms with van der Waals surface area (Å²) in [7, 11) is -2.17. The fourth-order valence-electron chi connectivity index (χ4n) is 2.99. The molecule has 2 heterocycles. The van der Waals surface area contributed by atoms with Gasteiger partial charge in [0.25, 0.3) is 10.1 Å². The summed E-state index contributed by atoms with van der Waals surface area (Å²) in [4.78, 5) is 11.8. The summed E-state index contributed by atoms with van der Waals surface area (Å²) >= 11 is 1.62. The average Bonchev–Trinajstić information content (AvgIpc) is 2.84. The molecule has 0 spiro atoms. The van der Waals surface area contributed by atoms with Crippen molar-refractivity contribution >= 4 is 43.9 Å². The topological polar surface area (TPSA) is 93.4 Å². The minimum Gasteiger partial charge on any atom is -0.418 e. The number of fused-ring (bicyclic) bond motifs is 3. The number of aryl methyl sites for hydroxylation is 2. The van der Waals surface area contributed by atoms with E-state index in [0.29, 0.717) is 12.1 Å². The minimum absolute atomic E-state index is 0.243. The van der Waals surface area contributed by atoms with Gasteiger partial charge in [-0.05, 0) is 36.9 Å². The molecule has 0 radical (unpaired) electrons. The first-order chi connectivity index (χ1) is 12.2. The monoisotopic (exact) mass is 397 g/mol. The molecule has 26 heavy (non-hydrogen) atoms. The van der Waals surface area contributed by atoms with Crippen molar-refractivity contribution in [1.29, 1.82) is 0 Å². The number of thioether (sulfide) groups is 1. The molecule has 0 saturated heterocycles. The lowest BCUT2D eigenvalue weighted by molar-refractivity contribution is -0.709. The number of nitrogens with zero attached hydrogens (tertiary/aromatic N) is 2. The molecule has 1 N–H and O–H groups in total. The maximum absolute atomic E-state index is 11.8. The largest absolute Gasteiger partial charge is 0.418 e. The van der Waals surface area contributed by atoms with Crippen molar-refractivity contribution in [1.82, 2.24) is 4.57 Å². The quantitative estimate of drug-likeness (QED) is 0.297. The van der Waals surface area contributed by atoms with Gasteiger partial charge in [-0.3, -0.25) is 4.55 Å². The predicted molar refractivity (Wildman–Crippen MR) is 101 cm³/mol. The van der Waals surface area contributed by atoms with Crippen LogP contribution in [0.25, 0.3) is 22.0 Å². The third-order valence-corrected chi connectivity index (χ3v) is 6.73. The van der Waals surface area contributed by atoms with E-state index in [0.717, 1.165) is 27.3 Å². The summed E-state index contributed by atoms with van der Waals surface area (Å²) in [6, 6.07) is 6.95. The molecular formula is C17H21N2O5S2+. The lowest BCUT2D eigenvalue weighted by Gasteiger charge is -2.07. The minimum atomic E-state index is -4.09. The summed E-state index contributed by atoms with van der Waals surface area (Å²) < 4.78 is 41.4. The molecule has 0 aliphatic carbocycles. The Bertz CT molecular complexity index is 1130. The van der Waals surface area contributed by atoms with Crippen molar-refractivity contribution in [2.45, 2.75) is 37.2 Å². The zero-order valence-corrected chi connectivity index (χ0v) is 16.4. The molecule has 3 aromatic rings. The Kier molecular flexibility index (Phi) is 5.14. The van der Waals surface area contributed by atoms with Crippen LogP contribution in [0.4, 0.5) is 0 Å². The zero-order valence-electron chi connectivity index (χ0n) is 14.8. The summed E-state index contributed by atoms with van der Waals surface area (Å²) in [6.07, 6.45) is 0.243. The van der Waals surface area contributed by atoms with Crippen LogP contribution in [0.1, 0.15) is 20.3 Å². The molecule has 7 nitrogen and oxygen atoms in total. The van der Waals surface area contributed by atoms with Crippen LogP contribution in [0.2, 0.25) is 0 Å². The molecule has 9 heteroatoms. The standard InChI is InChI=1S/C17H20N2O5S2/c1-4-25-17-18(3)13-7-5-12-6-8-14(20)24-16(12)15(13)19(17)10-9-11(2)26(21,22)23/h5-8,11H,4,9-10H2,1-3H3/p+1. The number of imidazole rings is 1. The molecule has 0 fully saturated rings. The van der Waals surface area contributed by atoms with E-state index < -0.39 is 21.0 Å². The second-order valence-electron chi connectivity index (χ2n) is 6.15. The average molecular weight is 397 g/mol. The van der Waals surface area contributed by atoms with Gasteiger partial charge in [0.15, 0.2) is 11.1 Å². The maximum Gasteiger partial charge on any atom is 0.336 e.